The molecule has 0 fully saturated rings. The van der Waals surface area contributed by atoms with Crippen LogP contribution in [0, 0.1) is 10.1 Å². The maximum absolute atomic E-state index is 11.9. The maximum atomic E-state index is 11.9. The third-order valence-electron chi connectivity index (χ3n) is 3.66. The van der Waals surface area contributed by atoms with Crippen LogP contribution in [0.4, 0.5) is 5.69 Å². The summed E-state index contributed by atoms with van der Waals surface area (Å²) in [4.78, 5) is 33.7. The lowest BCUT2D eigenvalue weighted by atomic mass is 10.2. The molecule has 0 radical (unpaired) electrons. The van der Waals surface area contributed by atoms with Crippen LogP contribution in [0.2, 0.25) is 0 Å². The molecular weight excluding hydrogens is 414 g/mol. The quantitative estimate of drug-likeness (QED) is 0.252. The van der Waals surface area contributed by atoms with E-state index in [1.54, 1.807) is 30.3 Å². The monoisotopic (exact) mass is 433 g/mol. The zero-order valence-corrected chi connectivity index (χ0v) is 16.9. The zero-order valence-electron chi connectivity index (χ0n) is 16.1. The van der Waals surface area contributed by atoms with Gasteiger partial charge in [-0.05, 0) is 42.8 Å². The fourth-order valence-electron chi connectivity index (χ4n) is 2.13. The van der Waals surface area contributed by atoms with Crippen LogP contribution < -0.4 is 14.9 Å². The van der Waals surface area contributed by atoms with Crippen molar-refractivity contribution in [2.75, 3.05) is 12.9 Å². The Morgan fingerprint density at radius 3 is 2.57 bits per heavy atom. The number of nitro benzene ring substituents is 1. The molecule has 2 rings (SSSR count). The van der Waals surface area contributed by atoms with E-state index in [4.69, 9.17) is 14.6 Å². The maximum Gasteiger partial charge on any atom is 0.344 e. The molecule has 1 amide bonds. The van der Waals surface area contributed by atoms with Crippen LogP contribution in [-0.4, -0.2) is 47.1 Å². The number of benzene rings is 2. The number of hydrazone groups is 1. The van der Waals surface area contributed by atoms with E-state index in [2.05, 4.69) is 10.5 Å². The predicted octanol–water partition coefficient (Wildman–Crippen LogP) is 2.70. The van der Waals surface area contributed by atoms with Crippen molar-refractivity contribution in [1.82, 2.24) is 5.43 Å². The number of non-ortho nitro benzene ring substituents is 1. The highest BCUT2D eigenvalue weighted by Crippen LogP contribution is 2.28. The van der Waals surface area contributed by atoms with Gasteiger partial charge in [-0.3, -0.25) is 14.9 Å². The van der Waals surface area contributed by atoms with Gasteiger partial charge in [0, 0.05) is 17.0 Å². The Morgan fingerprint density at radius 2 is 1.97 bits per heavy atom. The fraction of sp³-hybridized carbons (Fsp3) is 0.211. The number of thioether (sulfide) groups is 1. The Balaban J connectivity index is 1.88. The van der Waals surface area contributed by atoms with E-state index in [0.29, 0.717) is 11.3 Å². The zero-order chi connectivity index (χ0) is 22.1. The number of hydrogen-bond donors (Lipinski definition) is 2. The van der Waals surface area contributed by atoms with Crippen LogP contribution in [0.25, 0.3) is 0 Å². The van der Waals surface area contributed by atoms with Gasteiger partial charge in [0.25, 0.3) is 5.69 Å². The lowest BCUT2D eigenvalue weighted by Gasteiger charge is -2.13. The van der Waals surface area contributed by atoms with Crippen molar-refractivity contribution in [3.05, 3.63) is 58.1 Å². The van der Waals surface area contributed by atoms with Crippen LogP contribution >= 0.6 is 11.8 Å². The van der Waals surface area contributed by atoms with E-state index in [9.17, 15) is 19.7 Å². The number of carboxylic acids is 1. The summed E-state index contributed by atoms with van der Waals surface area (Å²) in [5.74, 6) is -0.771. The van der Waals surface area contributed by atoms with Gasteiger partial charge in [0.15, 0.2) is 17.6 Å². The average Bonchev–Trinajstić information content (AvgIpc) is 2.73. The number of carbonyl (C=O) groups excluding carboxylic acids is 1. The molecule has 0 saturated carbocycles. The number of carboxylic acid groups (broad SMARTS) is 1. The molecule has 30 heavy (non-hydrogen) atoms. The van der Waals surface area contributed by atoms with E-state index in [1.165, 1.54) is 44.1 Å². The van der Waals surface area contributed by atoms with Gasteiger partial charge in [-0.25, -0.2) is 10.2 Å². The minimum absolute atomic E-state index is 0.0161. The molecule has 2 N–H and O–H groups in total. The molecule has 0 bridgehead atoms. The second-order valence-corrected chi connectivity index (χ2v) is 6.89. The molecule has 0 aliphatic heterocycles. The Hall–Kier alpha value is -3.60. The predicted molar refractivity (Wildman–Crippen MR) is 110 cm³/mol. The first-order valence-corrected chi connectivity index (χ1v) is 9.55. The minimum atomic E-state index is -1.10. The van der Waals surface area contributed by atoms with Gasteiger partial charge >= 0.3 is 5.97 Å². The van der Waals surface area contributed by atoms with Crippen molar-refractivity contribution in [2.45, 2.75) is 17.9 Å². The number of methoxy groups -OCH3 is 1. The van der Waals surface area contributed by atoms with Crippen molar-refractivity contribution in [3.63, 3.8) is 0 Å². The second kappa shape index (κ2) is 10.8. The van der Waals surface area contributed by atoms with E-state index >= 15 is 0 Å². The standard InChI is InChI=1S/C19H19N3O7S/c1-12(19(24)25)29-16-8-3-13(9-17(16)28-2)10-20-21-18(23)11-30-15-6-4-14(5-7-15)22(26)27/h3-10,12H,11H2,1-2H3,(H,21,23)(H,24,25)/b20-10-/t12-/m1/s1. The first kappa shape index (κ1) is 22.7. The molecule has 0 aliphatic rings. The van der Waals surface area contributed by atoms with E-state index < -0.39 is 17.0 Å². The van der Waals surface area contributed by atoms with E-state index in [1.807, 2.05) is 0 Å². The van der Waals surface area contributed by atoms with Crippen molar-refractivity contribution in [1.29, 1.82) is 0 Å². The highest BCUT2D eigenvalue weighted by Gasteiger charge is 2.15. The molecule has 10 nitrogen and oxygen atoms in total. The van der Waals surface area contributed by atoms with Crippen LogP contribution in [0.15, 0.2) is 52.5 Å². The van der Waals surface area contributed by atoms with Gasteiger partial charge < -0.3 is 14.6 Å². The second-order valence-electron chi connectivity index (χ2n) is 5.84. The summed E-state index contributed by atoms with van der Waals surface area (Å²) in [6.45, 7) is 1.40. The number of ether oxygens (including phenoxy) is 2. The van der Waals surface area contributed by atoms with Gasteiger partial charge in [0.2, 0.25) is 5.91 Å². The first-order chi connectivity index (χ1) is 14.3. The summed E-state index contributed by atoms with van der Waals surface area (Å²) in [7, 11) is 1.42. The van der Waals surface area contributed by atoms with Crippen LogP contribution in [0.5, 0.6) is 11.5 Å². The molecule has 0 unspecified atom stereocenters. The van der Waals surface area contributed by atoms with Crippen LogP contribution in [-0.2, 0) is 9.59 Å². The number of nitrogens with zero attached hydrogens (tertiary/aromatic N) is 2. The lowest BCUT2D eigenvalue weighted by Crippen LogP contribution is -2.23. The number of rotatable bonds is 10. The van der Waals surface area contributed by atoms with Gasteiger partial charge in [-0.2, -0.15) is 5.10 Å². The highest BCUT2D eigenvalue weighted by molar-refractivity contribution is 8.00. The molecule has 158 valence electrons. The summed E-state index contributed by atoms with van der Waals surface area (Å²) in [6, 6.07) is 10.7. The number of nitrogens with one attached hydrogen (secondary N) is 1. The van der Waals surface area contributed by atoms with Crippen LogP contribution in [0.1, 0.15) is 12.5 Å². The van der Waals surface area contributed by atoms with Crippen molar-refractivity contribution >= 4 is 35.5 Å². The molecule has 0 spiro atoms. The number of nitro groups is 1. The third kappa shape index (κ3) is 6.78. The summed E-state index contributed by atoms with van der Waals surface area (Å²) < 4.78 is 10.5. The SMILES string of the molecule is COc1cc(/C=N\NC(=O)CSc2ccc([N+](=O)[O-])cc2)ccc1O[C@H](C)C(=O)O. The smallest absolute Gasteiger partial charge is 0.344 e. The molecule has 2 aromatic carbocycles. The highest BCUT2D eigenvalue weighted by atomic mass is 32.2. The molecule has 2 aromatic rings. The molecule has 0 heterocycles. The molecule has 11 heteroatoms. The number of amides is 1. The number of carbonyl (C=O) groups is 2. The lowest BCUT2D eigenvalue weighted by molar-refractivity contribution is -0.384. The van der Waals surface area contributed by atoms with Gasteiger partial charge in [-0.15, -0.1) is 11.8 Å². The van der Waals surface area contributed by atoms with E-state index in [0.717, 1.165) is 4.90 Å². The van der Waals surface area contributed by atoms with Crippen molar-refractivity contribution in [3.8, 4) is 11.5 Å². The Labute approximate surface area is 176 Å². The molecule has 0 aromatic heterocycles. The molecule has 0 aliphatic carbocycles. The minimum Gasteiger partial charge on any atom is -0.493 e. The average molecular weight is 433 g/mol. The number of hydrogen-bond acceptors (Lipinski definition) is 8. The topological polar surface area (TPSA) is 140 Å². The molecule has 1 atom stereocenters. The summed E-state index contributed by atoms with van der Waals surface area (Å²) in [5.41, 5.74) is 2.97. The van der Waals surface area contributed by atoms with Gasteiger partial charge in [0.1, 0.15) is 0 Å². The summed E-state index contributed by atoms with van der Waals surface area (Å²) in [5, 5.41) is 23.4. The van der Waals surface area contributed by atoms with Crippen molar-refractivity contribution < 1.29 is 29.1 Å². The number of aliphatic carboxylic acids is 1. The normalized spacial score (nSPS) is 11.7. The van der Waals surface area contributed by atoms with Crippen molar-refractivity contribution in [2.24, 2.45) is 5.10 Å². The molecule has 0 saturated heterocycles. The third-order valence-corrected chi connectivity index (χ3v) is 4.67. The van der Waals surface area contributed by atoms with E-state index in [-0.39, 0.29) is 23.1 Å². The first-order valence-electron chi connectivity index (χ1n) is 8.57. The molecular formula is C19H19N3O7S. The summed E-state index contributed by atoms with van der Waals surface area (Å²) >= 11 is 1.22. The largest absolute Gasteiger partial charge is 0.493 e. The fourth-order valence-corrected chi connectivity index (χ4v) is 2.82. The summed E-state index contributed by atoms with van der Waals surface area (Å²) in [6.07, 6.45) is 0.368. The Kier molecular flexibility index (Phi) is 8.18. The van der Waals surface area contributed by atoms with Gasteiger partial charge in [-0.1, -0.05) is 0 Å². The Bertz CT molecular complexity index is 948. The Morgan fingerprint density at radius 1 is 1.27 bits per heavy atom. The van der Waals surface area contributed by atoms with Gasteiger partial charge in [0.05, 0.1) is 24.0 Å². The van der Waals surface area contributed by atoms with Crippen LogP contribution in [0.3, 0.4) is 0 Å².